The van der Waals surface area contributed by atoms with E-state index < -0.39 is 0 Å². The fraction of sp³-hybridized carbons (Fsp3) is 0.556. The van der Waals surface area contributed by atoms with Crippen molar-refractivity contribution in [3.63, 3.8) is 0 Å². The number of carbonyl (C=O) groups is 1. The van der Waals surface area contributed by atoms with Gasteiger partial charge in [-0.1, -0.05) is 0 Å². The highest BCUT2D eigenvalue weighted by Gasteiger charge is 2.17. The predicted molar refractivity (Wildman–Crippen MR) is 60.8 cm³/mol. The average molecular weight is 226 g/mol. The Morgan fingerprint density at radius 1 is 1.80 bits per heavy atom. The third-order valence-corrected chi connectivity index (χ3v) is 3.70. The van der Waals surface area contributed by atoms with Crippen LogP contribution in [-0.2, 0) is 0 Å². The van der Waals surface area contributed by atoms with Crippen LogP contribution in [0.15, 0.2) is 6.20 Å². The quantitative estimate of drug-likeness (QED) is 0.699. The lowest BCUT2D eigenvalue weighted by Crippen LogP contribution is -2.30. The number of nitrogens with two attached hydrogens (primary N) is 1. The molecule has 1 atom stereocenters. The summed E-state index contributed by atoms with van der Waals surface area (Å²) in [6.45, 7) is 0.726. The van der Waals surface area contributed by atoms with Crippen molar-refractivity contribution in [2.24, 2.45) is 5.92 Å². The van der Waals surface area contributed by atoms with E-state index in [1.54, 1.807) is 0 Å². The molecule has 6 heteroatoms. The molecule has 1 aliphatic rings. The van der Waals surface area contributed by atoms with E-state index in [2.05, 4.69) is 15.5 Å². The third kappa shape index (κ3) is 2.44. The maximum atomic E-state index is 11.6. The number of aromatic amines is 1. The summed E-state index contributed by atoms with van der Waals surface area (Å²) in [7, 11) is 0. The number of nitrogen functional groups attached to an aromatic ring is 1. The van der Waals surface area contributed by atoms with Crippen LogP contribution in [0, 0.1) is 5.92 Å². The number of nitrogens with one attached hydrogen (secondary N) is 2. The number of anilines is 1. The number of thioether (sulfide) groups is 1. The standard InChI is InChI=1S/C9H14N4OS/c10-7-4-12-13-8(7)9(14)11-3-6-1-2-15-5-6/h4,6H,1-3,5,10H2,(H,11,14)(H,12,13). The van der Waals surface area contributed by atoms with Gasteiger partial charge >= 0.3 is 0 Å². The fourth-order valence-corrected chi connectivity index (χ4v) is 2.83. The van der Waals surface area contributed by atoms with Crippen molar-refractivity contribution in [3.8, 4) is 0 Å². The van der Waals surface area contributed by atoms with Crippen molar-refractivity contribution >= 4 is 23.4 Å². The van der Waals surface area contributed by atoms with E-state index in [-0.39, 0.29) is 5.91 Å². The van der Waals surface area contributed by atoms with Crippen molar-refractivity contribution in [1.29, 1.82) is 0 Å². The summed E-state index contributed by atoms with van der Waals surface area (Å²) in [4.78, 5) is 11.6. The highest BCUT2D eigenvalue weighted by molar-refractivity contribution is 7.99. The number of amides is 1. The summed E-state index contributed by atoms with van der Waals surface area (Å²) in [6, 6.07) is 0. The molecule has 0 bridgehead atoms. The normalized spacial score (nSPS) is 20.4. The zero-order valence-corrected chi connectivity index (χ0v) is 9.14. The van der Waals surface area contributed by atoms with E-state index in [1.165, 1.54) is 18.4 Å². The molecule has 5 nitrogen and oxygen atoms in total. The molecule has 2 rings (SSSR count). The molecule has 15 heavy (non-hydrogen) atoms. The Balaban J connectivity index is 1.84. The number of carbonyl (C=O) groups excluding carboxylic acids is 1. The Hall–Kier alpha value is -1.17. The first-order valence-electron chi connectivity index (χ1n) is 4.92. The molecule has 4 N–H and O–H groups in total. The van der Waals surface area contributed by atoms with E-state index in [0.29, 0.717) is 17.3 Å². The van der Waals surface area contributed by atoms with Gasteiger partial charge in [-0.25, -0.2) is 0 Å². The molecule has 0 aliphatic carbocycles. The zero-order chi connectivity index (χ0) is 10.7. The molecular formula is C9H14N4OS. The smallest absolute Gasteiger partial charge is 0.271 e. The number of hydrogen-bond acceptors (Lipinski definition) is 4. The zero-order valence-electron chi connectivity index (χ0n) is 8.32. The maximum Gasteiger partial charge on any atom is 0.271 e. The van der Waals surface area contributed by atoms with Crippen LogP contribution in [0.3, 0.4) is 0 Å². The van der Waals surface area contributed by atoms with Gasteiger partial charge in [-0.2, -0.15) is 16.9 Å². The molecule has 1 aromatic rings. The summed E-state index contributed by atoms with van der Waals surface area (Å²) in [5.74, 6) is 2.77. The average Bonchev–Trinajstić information content (AvgIpc) is 2.84. The van der Waals surface area contributed by atoms with Crippen molar-refractivity contribution in [2.45, 2.75) is 6.42 Å². The monoisotopic (exact) mass is 226 g/mol. The summed E-state index contributed by atoms with van der Waals surface area (Å²) >= 11 is 1.94. The van der Waals surface area contributed by atoms with Gasteiger partial charge in [-0.3, -0.25) is 9.89 Å². The summed E-state index contributed by atoms with van der Waals surface area (Å²) in [5.41, 5.74) is 6.32. The number of hydrogen-bond donors (Lipinski definition) is 3. The van der Waals surface area contributed by atoms with Gasteiger partial charge in [0.2, 0.25) is 0 Å². The highest BCUT2D eigenvalue weighted by Crippen LogP contribution is 2.22. The van der Waals surface area contributed by atoms with Crippen LogP contribution in [0.25, 0.3) is 0 Å². The lowest BCUT2D eigenvalue weighted by Gasteiger charge is -2.09. The minimum absolute atomic E-state index is 0.165. The van der Waals surface area contributed by atoms with Crippen LogP contribution in [0.4, 0.5) is 5.69 Å². The number of aromatic nitrogens is 2. The van der Waals surface area contributed by atoms with Crippen LogP contribution in [0.1, 0.15) is 16.9 Å². The first-order valence-corrected chi connectivity index (χ1v) is 6.07. The SMILES string of the molecule is Nc1cn[nH]c1C(=O)NCC1CCSC1. The Morgan fingerprint density at radius 2 is 2.67 bits per heavy atom. The molecule has 82 valence electrons. The number of nitrogens with zero attached hydrogens (tertiary/aromatic N) is 1. The molecule has 1 fully saturated rings. The third-order valence-electron chi connectivity index (χ3n) is 2.47. The lowest BCUT2D eigenvalue weighted by atomic mass is 10.1. The predicted octanol–water partition coefficient (Wildman–Crippen LogP) is 0.475. The summed E-state index contributed by atoms with van der Waals surface area (Å²) in [5, 5.41) is 9.16. The molecule has 0 aromatic carbocycles. The minimum atomic E-state index is -0.165. The molecule has 1 aromatic heterocycles. The van der Waals surface area contributed by atoms with E-state index in [4.69, 9.17) is 5.73 Å². The van der Waals surface area contributed by atoms with Crippen LogP contribution in [0.5, 0.6) is 0 Å². The van der Waals surface area contributed by atoms with Gasteiger partial charge in [0.25, 0.3) is 5.91 Å². The number of rotatable bonds is 3. The van der Waals surface area contributed by atoms with Gasteiger partial charge in [0, 0.05) is 6.54 Å². The first-order chi connectivity index (χ1) is 7.27. The van der Waals surface area contributed by atoms with Crippen LogP contribution >= 0.6 is 11.8 Å². The van der Waals surface area contributed by atoms with E-state index in [9.17, 15) is 4.79 Å². The summed E-state index contributed by atoms with van der Waals surface area (Å²) in [6.07, 6.45) is 2.63. The topological polar surface area (TPSA) is 83.8 Å². The van der Waals surface area contributed by atoms with Gasteiger partial charge in [-0.05, 0) is 23.8 Å². The van der Waals surface area contributed by atoms with Crippen LogP contribution in [0.2, 0.25) is 0 Å². The Kier molecular flexibility index (Phi) is 3.15. The largest absolute Gasteiger partial charge is 0.396 e. The Bertz CT molecular complexity index is 346. The Labute approximate surface area is 92.2 Å². The van der Waals surface area contributed by atoms with Gasteiger partial charge in [-0.15, -0.1) is 0 Å². The van der Waals surface area contributed by atoms with E-state index in [1.807, 2.05) is 11.8 Å². The van der Waals surface area contributed by atoms with Gasteiger partial charge in [0.1, 0.15) is 5.69 Å². The fourth-order valence-electron chi connectivity index (χ4n) is 1.55. The van der Waals surface area contributed by atoms with Crippen molar-refractivity contribution in [2.75, 3.05) is 23.8 Å². The first kappa shape index (κ1) is 10.4. The van der Waals surface area contributed by atoms with Crippen LogP contribution in [-0.4, -0.2) is 34.2 Å². The minimum Gasteiger partial charge on any atom is -0.396 e. The van der Waals surface area contributed by atoms with Gasteiger partial charge in [0.05, 0.1) is 11.9 Å². The molecule has 2 heterocycles. The summed E-state index contributed by atoms with van der Waals surface area (Å²) < 4.78 is 0. The highest BCUT2D eigenvalue weighted by atomic mass is 32.2. The number of H-pyrrole nitrogens is 1. The lowest BCUT2D eigenvalue weighted by molar-refractivity contribution is 0.0944. The second-order valence-corrected chi connectivity index (χ2v) is 4.79. The molecule has 0 spiro atoms. The molecule has 0 saturated carbocycles. The molecule has 0 radical (unpaired) electrons. The maximum absolute atomic E-state index is 11.6. The second-order valence-electron chi connectivity index (χ2n) is 3.64. The molecule has 1 amide bonds. The van der Waals surface area contributed by atoms with Gasteiger partial charge < -0.3 is 11.1 Å². The van der Waals surface area contributed by atoms with E-state index >= 15 is 0 Å². The molecular weight excluding hydrogens is 212 g/mol. The van der Waals surface area contributed by atoms with Crippen molar-refractivity contribution in [1.82, 2.24) is 15.5 Å². The molecule has 1 saturated heterocycles. The second kappa shape index (κ2) is 4.57. The van der Waals surface area contributed by atoms with Crippen molar-refractivity contribution < 1.29 is 4.79 Å². The Morgan fingerprint density at radius 3 is 3.27 bits per heavy atom. The van der Waals surface area contributed by atoms with Crippen molar-refractivity contribution in [3.05, 3.63) is 11.9 Å². The molecule has 1 aliphatic heterocycles. The van der Waals surface area contributed by atoms with Gasteiger partial charge in [0.15, 0.2) is 0 Å². The van der Waals surface area contributed by atoms with E-state index in [0.717, 1.165) is 12.3 Å². The van der Waals surface area contributed by atoms with Crippen LogP contribution < -0.4 is 11.1 Å². The molecule has 1 unspecified atom stereocenters.